The van der Waals surface area contributed by atoms with E-state index < -0.39 is 0 Å². The largest absolute Gasteiger partial charge is 0.370 e. The molecule has 13 heavy (non-hydrogen) atoms. The number of hydrogen-bond donors (Lipinski definition) is 1. The van der Waals surface area contributed by atoms with Gasteiger partial charge in [0.1, 0.15) is 6.04 Å². The van der Waals surface area contributed by atoms with Gasteiger partial charge in [-0.2, -0.15) is 5.26 Å². The third-order valence-corrected chi connectivity index (χ3v) is 1.96. The van der Waals surface area contributed by atoms with Crippen molar-refractivity contribution < 1.29 is 0 Å². The van der Waals surface area contributed by atoms with Gasteiger partial charge in [0.2, 0.25) is 0 Å². The highest BCUT2D eigenvalue weighted by Crippen LogP contribution is 2.16. The highest BCUT2D eigenvalue weighted by atomic mass is 14.9. The van der Waals surface area contributed by atoms with Gasteiger partial charge in [-0.05, 0) is 38.0 Å². The lowest BCUT2D eigenvalue weighted by Gasteiger charge is -2.11. The summed E-state index contributed by atoms with van der Waals surface area (Å²) >= 11 is 0. The summed E-state index contributed by atoms with van der Waals surface area (Å²) in [5, 5.41) is 11.8. The lowest BCUT2D eigenvalue weighted by Crippen LogP contribution is -2.12. The van der Waals surface area contributed by atoms with E-state index >= 15 is 0 Å². The van der Waals surface area contributed by atoms with Crippen LogP contribution in [0.25, 0.3) is 0 Å². The molecule has 0 fully saturated rings. The fourth-order valence-corrected chi connectivity index (χ4v) is 1.16. The van der Waals surface area contributed by atoms with E-state index in [1.807, 2.05) is 20.8 Å². The molecule has 2 heteroatoms. The third kappa shape index (κ3) is 2.48. The summed E-state index contributed by atoms with van der Waals surface area (Å²) in [6.45, 7) is 5.93. The van der Waals surface area contributed by atoms with Crippen LogP contribution in [0, 0.1) is 25.2 Å². The molecule has 1 rings (SSSR count). The Morgan fingerprint density at radius 2 is 2.08 bits per heavy atom. The molecule has 0 radical (unpaired) electrons. The first-order valence-electron chi connectivity index (χ1n) is 4.37. The lowest BCUT2D eigenvalue weighted by atomic mass is 10.1. The first kappa shape index (κ1) is 9.60. The van der Waals surface area contributed by atoms with E-state index in [2.05, 4.69) is 29.6 Å². The zero-order chi connectivity index (χ0) is 9.84. The van der Waals surface area contributed by atoms with Crippen LogP contribution in [-0.2, 0) is 0 Å². The summed E-state index contributed by atoms with van der Waals surface area (Å²) in [7, 11) is 0. The molecule has 0 aliphatic carbocycles. The fourth-order valence-electron chi connectivity index (χ4n) is 1.16. The molecule has 0 saturated heterocycles. The van der Waals surface area contributed by atoms with Crippen LogP contribution in [0.3, 0.4) is 0 Å². The van der Waals surface area contributed by atoms with Crippen molar-refractivity contribution in [2.45, 2.75) is 26.8 Å². The number of nitrogens with one attached hydrogen (secondary N) is 1. The molecule has 1 aromatic rings. The summed E-state index contributed by atoms with van der Waals surface area (Å²) < 4.78 is 0. The average Bonchev–Trinajstić information content (AvgIpc) is 2.11. The van der Waals surface area contributed by atoms with Crippen LogP contribution in [0.4, 0.5) is 5.69 Å². The molecule has 2 nitrogen and oxygen atoms in total. The van der Waals surface area contributed by atoms with Crippen LogP contribution in [0.1, 0.15) is 18.1 Å². The zero-order valence-corrected chi connectivity index (χ0v) is 8.26. The first-order valence-corrected chi connectivity index (χ1v) is 4.37. The van der Waals surface area contributed by atoms with Crippen LogP contribution < -0.4 is 5.32 Å². The Hall–Kier alpha value is -1.49. The number of hydrogen-bond acceptors (Lipinski definition) is 2. The SMILES string of the molecule is Cc1ccc(C)c(N[C@@H](C)C#N)c1. The molecule has 68 valence electrons. The molecule has 0 spiro atoms. The third-order valence-electron chi connectivity index (χ3n) is 1.96. The molecular formula is C11H14N2. The van der Waals surface area contributed by atoms with Gasteiger partial charge in [-0.25, -0.2) is 0 Å². The van der Waals surface area contributed by atoms with E-state index in [0.717, 1.165) is 5.69 Å². The number of rotatable bonds is 2. The van der Waals surface area contributed by atoms with Gasteiger partial charge in [-0.1, -0.05) is 12.1 Å². The van der Waals surface area contributed by atoms with Crippen LogP contribution in [-0.4, -0.2) is 6.04 Å². The molecule has 0 amide bonds. The van der Waals surface area contributed by atoms with E-state index in [-0.39, 0.29) is 6.04 Å². The van der Waals surface area contributed by atoms with Crippen molar-refractivity contribution in [3.63, 3.8) is 0 Å². The van der Waals surface area contributed by atoms with Crippen LogP contribution in [0.2, 0.25) is 0 Å². The Morgan fingerprint density at radius 3 is 2.69 bits per heavy atom. The summed E-state index contributed by atoms with van der Waals surface area (Å²) in [6, 6.07) is 8.19. The molecule has 0 aliphatic rings. The number of nitrogens with zero attached hydrogens (tertiary/aromatic N) is 1. The normalized spacial score (nSPS) is 11.8. The minimum absolute atomic E-state index is 0.138. The number of nitriles is 1. The Kier molecular flexibility index (Phi) is 2.92. The molecule has 0 aliphatic heterocycles. The summed E-state index contributed by atoms with van der Waals surface area (Å²) in [4.78, 5) is 0. The molecule has 1 aromatic carbocycles. The van der Waals surface area contributed by atoms with Gasteiger partial charge in [0.25, 0.3) is 0 Å². The van der Waals surface area contributed by atoms with E-state index in [0.29, 0.717) is 0 Å². The molecule has 0 bridgehead atoms. The molecule has 1 N–H and O–H groups in total. The van der Waals surface area contributed by atoms with Crippen molar-refractivity contribution in [1.29, 1.82) is 5.26 Å². The maximum atomic E-state index is 8.64. The summed E-state index contributed by atoms with van der Waals surface area (Å²) in [5.41, 5.74) is 3.43. The van der Waals surface area contributed by atoms with Gasteiger partial charge < -0.3 is 5.32 Å². The lowest BCUT2D eigenvalue weighted by molar-refractivity contribution is 1.01. The van der Waals surface area contributed by atoms with E-state index in [1.54, 1.807) is 0 Å². The Bertz CT molecular complexity index is 336. The van der Waals surface area contributed by atoms with Crippen molar-refractivity contribution in [1.82, 2.24) is 0 Å². The van der Waals surface area contributed by atoms with E-state index in [1.165, 1.54) is 11.1 Å². The molecule has 0 unspecified atom stereocenters. The van der Waals surface area contributed by atoms with Gasteiger partial charge in [0, 0.05) is 5.69 Å². The van der Waals surface area contributed by atoms with Crippen molar-refractivity contribution in [3.8, 4) is 6.07 Å². The number of anilines is 1. The Balaban J connectivity index is 2.88. The van der Waals surface area contributed by atoms with Crippen molar-refractivity contribution in [2.75, 3.05) is 5.32 Å². The maximum absolute atomic E-state index is 8.64. The smallest absolute Gasteiger partial charge is 0.111 e. The van der Waals surface area contributed by atoms with Gasteiger partial charge in [0.15, 0.2) is 0 Å². The number of aryl methyl sites for hydroxylation is 2. The predicted octanol–water partition coefficient (Wildman–Crippen LogP) is 2.63. The van der Waals surface area contributed by atoms with Gasteiger partial charge in [0.05, 0.1) is 6.07 Å². The second kappa shape index (κ2) is 3.95. The van der Waals surface area contributed by atoms with Crippen molar-refractivity contribution in [2.24, 2.45) is 0 Å². The zero-order valence-electron chi connectivity index (χ0n) is 8.26. The topological polar surface area (TPSA) is 35.8 Å². The highest BCUT2D eigenvalue weighted by molar-refractivity contribution is 5.53. The second-order valence-corrected chi connectivity index (χ2v) is 3.31. The quantitative estimate of drug-likeness (QED) is 0.748. The minimum atomic E-state index is -0.138. The maximum Gasteiger partial charge on any atom is 0.111 e. The molecule has 1 atom stereocenters. The van der Waals surface area contributed by atoms with E-state index in [4.69, 9.17) is 5.26 Å². The summed E-state index contributed by atoms with van der Waals surface area (Å²) in [5.74, 6) is 0. The Morgan fingerprint density at radius 1 is 1.38 bits per heavy atom. The monoisotopic (exact) mass is 174 g/mol. The molecule has 0 heterocycles. The van der Waals surface area contributed by atoms with Gasteiger partial charge in [-0.15, -0.1) is 0 Å². The van der Waals surface area contributed by atoms with Crippen molar-refractivity contribution in [3.05, 3.63) is 29.3 Å². The van der Waals surface area contributed by atoms with E-state index in [9.17, 15) is 0 Å². The Labute approximate surface area is 79.2 Å². The van der Waals surface area contributed by atoms with Crippen LogP contribution in [0.5, 0.6) is 0 Å². The van der Waals surface area contributed by atoms with Crippen LogP contribution in [0.15, 0.2) is 18.2 Å². The first-order chi connectivity index (χ1) is 6.13. The number of benzene rings is 1. The molecular weight excluding hydrogens is 160 g/mol. The minimum Gasteiger partial charge on any atom is -0.370 e. The molecule has 0 saturated carbocycles. The fraction of sp³-hybridized carbons (Fsp3) is 0.364. The highest BCUT2D eigenvalue weighted by Gasteiger charge is 2.01. The van der Waals surface area contributed by atoms with Gasteiger partial charge in [-0.3, -0.25) is 0 Å². The average molecular weight is 174 g/mol. The second-order valence-electron chi connectivity index (χ2n) is 3.31. The van der Waals surface area contributed by atoms with Crippen LogP contribution >= 0.6 is 0 Å². The standard InChI is InChI=1S/C11H14N2/c1-8-4-5-9(2)11(6-8)13-10(3)7-12/h4-6,10,13H,1-3H3/t10-/m0/s1. The van der Waals surface area contributed by atoms with Gasteiger partial charge >= 0.3 is 0 Å². The predicted molar refractivity (Wildman–Crippen MR) is 54.6 cm³/mol. The van der Waals surface area contributed by atoms with Crippen molar-refractivity contribution >= 4 is 5.69 Å². The summed E-state index contributed by atoms with van der Waals surface area (Å²) in [6.07, 6.45) is 0. The molecule has 0 aromatic heterocycles.